The van der Waals surface area contributed by atoms with Crippen LogP contribution in [0.15, 0.2) is 18.2 Å². The molecule has 6 nitrogen and oxygen atoms in total. The van der Waals surface area contributed by atoms with Crippen molar-refractivity contribution in [3.05, 3.63) is 23.8 Å². The lowest BCUT2D eigenvalue weighted by molar-refractivity contribution is -0.137. The van der Waals surface area contributed by atoms with Gasteiger partial charge in [0, 0.05) is 12.8 Å². The Morgan fingerprint density at radius 3 is 2.35 bits per heavy atom. The van der Waals surface area contributed by atoms with E-state index in [0.29, 0.717) is 23.8 Å². The van der Waals surface area contributed by atoms with Crippen LogP contribution in [-0.4, -0.2) is 38.8 Å². The lowest BCUT2D eigenvalue weighted by atomic mass is 9.93. The van der Waals surface area contributed by atoms with Gasteiger partial charge in [-0.25, -0.2) is 4.79 Å². The average molecular weight is 323 g/mol. The van der Waals surface area contributed by atoms with Gasteiger partial charge < -0.3 is 19.5 Å². The number of carbonyl (C=O) groups is 2. The Kier molecular flexibility index (Phi) is 6.57. The van der Waals surface area contributed by atoms with Gasteiger partial charge in [-0.15, -0.1) is 0 Å². The number of methoxy groups -OCH3 is 3. The topological polar surface area (TPSA) is 73.9 Å². The second-order valence-electron chi connectivity index (χ2n) is 5.89. The van der Waals surface area contributed by atoms with Crippen LogP contribution < -0.4 is 10.1 Å². The van der Waals surface area contributed by atoms with E-state index in [1.54, 1.807) is 19.1 Å². The maximum absolute atomic E-state index is 12.5. The average Bonchev–Trinajstić information content (AvgIpc) is 2.53. The molecule has 1 rings (SSSR count). The Morgan fingerprint density at radius 1 is 1.22 bits per heavy atom. The number of benzene rings is 1. The van der Waals surface area contributed by atoms with E-state index in [9.17, 15) is 9.59 Å². The second-order valence-corrected chi connectivity index (χ2v) is 5.89. The number of esters is 1. The monoisotopic (exact) mass is 323 g/mol. The van der Waals surface area contributed by atoms with Crippen molar-refractivity contribution in [2.24, 2.45) is 5.92 Å². The van der Waals surface area contributed by atoms with Gasteiger partial charge in [0.15, 0.2) is 0 Å². The molecule has 0 aromatic heterocycles. The van der Waals surface area contributed by atoms with Gasteiger partial charge in [0.2, 0.25) is 0 Å². The summed E-state index contributed by atoms with van der Waals surface area (Å²) in [4.78, 5) is 24.3. The number of hydrogen-bond acceptors (Lipinski definition) is 5. The first-order valence-corrected chi connectivity index (χ1v) is 7.40. The molecule has 0 bridgehead atoms. The summed E-state index contributed by atoms with van der Waals surface area (Å²) in [5.74, 6) is -0.122. The predicted molar refractivity (Wildman–Crippen MR) is 87.8 cm³/mol. The highest BCUT2D eigenvalue weighted by molar-refractivity contribution is 5.99. The summed E-state index contributed by atoms with van der Waals surface area (Å²) in [6.07, 6.45) is 0.579. The maximum atomic E-state index is 12.5. The van der Waals surface area contributed by atoms with Crippen molar-refractivity contribution in [2.45, 2.75) is 32.8 Å². The number of anilines is 1. The zero-order chi connectivity index (χ0) is 17.6. The quantitative estimate of drug-likeness (QED) is 0.781. The predicted octanol–water partition coefficient (Wildman–Crippen LogP) is 2.87. The zero-order valence-corrected chi connectivity index (χ0v) is 14.6. The molecule has 0 radical (unpaired) electrons. The van der Waals surface area contributed by atoms with E-state index in [1.807, 2.05) is 13.8 Å². The number of carbonyl (C=O) groups excluding carboxylic acids is 2. The van der Waals surface area contributed by atoms with E-state index in [0.717, 1.165) is 0 Å². The zero-order valence-electron chi connectivity index (χ0n) is 14.6. The summed E-state index contributed by atoms with van der Waals surface area (Å²) < 4.78 is 15.3. The Labute approximate surface area is 137 Å². The van der Waals surface area contributed by atoms with Crippen LogP contribution in [-0.2, 0) is 14.3 Å². The first kappa shape index (κ1) is 19.0. The van der Waals surface area contributed by atoms with Crippen molar-refractivity contribution in [3.63, 3.8) is 0 Å². The molecule has 0 saturated carbocycles. The van der Waals surface area contributed by atoms with Crippen LogP contribution in [0.1, 0.15) is 37.6 Å². The Hall–Kier alpha value is -2.08. The van der Waals surface area contributed by atoms with Crippen LogP contribution in [0.2, 0.25) is 0 Å². The van der Waals surface area contributed by atoms with E-state index in [2.05, 4.69) is 5.32 Å². The minimum atomic E-state index is -0.945. The maximum Gasteiger partial charge on any atom is 0.341 e. The Balaban J connectivity index is 3.04. The molecule has 0 aliphatic carbocycles. The molecule has 0 aliphatic rings. The largest absolute Gasteiger partial charge is 0.496 e. The molecule has 0 fully saturated rings. The van der Waals surface area contributed by atoms with Gasteiger partial charge in [0.1, 0.15) is 16.9 Å². The summed E-state index contributed by atoms with van der Waals surface area (Å²) in [5.41, 5.74) is -0.224. The van der Waals surface area contributed by atoms with Crippen LogP contribution in [0.3, 0.4) is 0 Å². The summed E-state index contributed by atoms with van der Waals surface area (Å²) >= 11 is 0. The number of ether oxygens (including phenoxy) is 3. The van der Waals surface area contributed by atoms with Gasteiger partial charge in [-0.2, -0.15) is 0 Å². The van der Waals surface area contributed by atoms with E-state index in [-0.39, 0.29) is 11.5 Å². The number of rotatable bonds is 7. The van der Waals surface area contributed by atoms with E-state index in [1.165, 1.54) is 27.4 Å². The summed E-state index contributed by atoms with van der Waals surface area (Å²) in [5, 5.41) is 2.78. The van der Waals surface area contributed by atoms with Crippen molar-refractivity contribution >= 4 is 17.6 Å². The highest BCUT2D eigenvalue weighted by Gasteiger charge is 2.34. The van der Waals surface area contributed by atoms with Gasteiger partial charge >= 0.3 is 5.97 Å². The van der Waals surface area contributed by atoms with Crippen molar-refractivity contribution < 1.29 is 23.8 Å². The molecule has 6 heteroatoms. The molecule has 0 saturated heterocycles. The third-order valence-electron chi connectivity index (χ3n) is 3.59. The smallest absolute Gasteiger partial charge is 0.341 e. The molecule has 1 N–H and O–H groups in total. The minimum absolute atomic E-state index is 0.246. The first-order valence-electron chi connectivity index (χ1n) is 7.40. The fourth-order valence-electron chi connectivity index (χ4n) is 2.37. The molecule has 1 atom stereocenters. The Bertz CT molecular complexity index is 570. The van der Waals surface area contributed by atoms with Gasteiger partial charge in [-0.3, -0.25) is 4.79 Å². The number of amides is 1. The minimum Gasteiger partial charge on any atom is -0.496 e. The molecular formula is C17H25NO5. The highest BCUT2D eigenvalue weighted by atomic mass is 16.5. The highest BCUT2D eigenvalue weighted by Crippen LogP contribution is 2.26. The Morgan fingerprint density at radius 2 is 1.87 bits per heavy atom. The SMILES string of the molecule is COC(=O)c1cc(NC(=O)[C@](C)(CC(C)C)OC)ccc1OC. The van der Waals surface area contributed by atoms with Crippen molar-refractivity contribution in [1.29, 1.82) is 0 Å². The van der Waals surface area contributed by atoms with Gasteiger partial charge in [-0.05, 0) is 37.5 Å². The van der Waals surface area contributed by atoms with Crippen molar-refractivity contribution in [3.8, 4) is 5.75 Å². The number of nitrogens with one attached hydrogen (secondary N) is 1. The van der Waals surface area contributed by atoms with Gasteiger partial charge in [-0.1, -0.05) is 13.8 Å². The molecule has 1 amide bonds. The van der Waals surface area contributed by atoms with E-state index < -0.39 is 11.6 Å². The van der Waals surface area contributed by atoms with Crippen LogP contribution in [0.25, 0.3) is 0 Å². The molecule has 1 aromatic carbocycles. The lowest BCUT2D eigenvalue weighted by Gasteiger charge is -2.28. The van der Waals surface area contributed by atoms with Gasteiger partial charge in [0.05, 0.1) is 14.2 Å². The molecule has 0 heterocycles. The first-order chi connectivity index (χ1) is 10.8. The van der Waals surface area contributed by atoms with Gasteiger partial charge in [0.25, 0.3) is 5.91 Å². The molecule has 23 heavy (non-hydrogen) atoms. The lowest BCUT2D eigenvalue weighted by Crippen LogP contribution is -2.43. The molecular weight excluding hydrogens is 298 g/mol. The molecule has 1 aromatic rings. The van der Waals surface area contributed by atoms with E-state index >= 15 is 0 Å². The normalized spacial score (nSPS) is 13.3. The fraction of sp³-hybridized carbons (Fsp3) is 0.529. The van der Waals surface area contributed by atoms with Crippen molar-refractivity contribution in [2.75, 3.05) is 26.6 Å². The van der Waals surface area contributed by atoms with Crippen LogP contribution in [0.5, 0.6) is 5.75 Å². The standard InChI is InChI=1S/C17H25NO5/c1-11(2)10-17(3,23-6)16(20)18-12-7-8-14(21-4)13(9-12)15(19)22-5/h7-9,11H,10H2,1-6H3,(H,18,20)/t17-/m0/s1. The summed E-state index contributed by atoms with van der Waals surface area (Å²) in [6, 6.07) is 4.79. The summed E-state index contributed by atoms with van der Waals surface area (Å²) in [7, 11) is 4.26. The third-order valence-corrected chi connectivity index (χ3v) is 3.59. The van der Waals surface area contributed by atoms with Crippen LogP contribution in [0.4, 0.5) is 5.69 Å². The van der Waals surface area contributed by atoms with Crippen LogP contribution in [0, 0.1) is 5.92 Å². The molecule has 0 aliphatic heterocycles. The van der Waals surface area contributed by atoms with E-state index in [4.69, 9.17) is 14.2 Å². The molecule has 0 unspecified atom stereocenters. The van der Waals surface area contributed by atoms with Crippen LogP contribution >= 0.6 is 0 Å². The molecule has 128 valence electrons. The number of hydrogen-bond donors (Lipinski definition) is 1. The second kappa shape index (κ2) is 7.97. The summed E-state index contributed by atoms with van der Waals surface area (Å²) in [6.45, 7) is 5.79. The molecule has 0 spiro atoms. The van der Waals surface area contributed by atoms with Crippen molar-refractivity contribution in [1.82, 2.24) is 0 Å². The fourth-order valence-corrected chi connectivity index (χ4v) is 2.37. The third kappa shape index (κ3) is 4.69.